The maximum absolute atomic E-state index is 12.6. The second-order valence-corrected chi connectivity index (χ2v) is 7.18. The molecular formula is C16H18N2O4S. The van der Waals surface area contributed by atoms with Crippen LogP contribution in [0.15, 0.2) is 24.3 Å². The van der Waals surface area contributed by atoms with E-state index in [0.29, 0.717) is 11.3 Å². The van der Waals surface area contributed by atoms with Crippen molar-refractivity contribution in [1.29, 1.82) is 0 Å². The summed E-state index contributed by atoms with van der Waals surface area (Å²) in [5.41, 5.74) is 1.55. The van der Waals surface area contributed by atoms with Crippen molar-refractivity contribution >= 4 is 29.5 Å². The molecule has 0 aliphatic carbocycles. The van der Waals surface area contributed by atoms with E-state index < -0.39 is 24.0 Å². The number of nitrogens with one attached hydrogen (secondary N) is 1. The Labute approximate surface area is 138 Å². The molecule has 0 spiro atoms. The molecule has 0 aromatic heterocycles. The van der Waals surface area contributed by atoms with Crippen LogP contribution in [-0.4, -0.2) is 45.6 Å². The van der Waals surface area contributed by atoms with Crippen molar-refractivity contribution < 1.29 is 19.5 Å². The van der Waals surface area contributed by atoms with Crippen LogP contribution in [-0.2, 0) is 9.59 Å². The highest BCUT2D eigenvalue weighted by Gasteiger charge is 2.48. The molecule has 0 radical (unpaired) electrons. The summed E-state index contributed by atoms with van der Waals surface area (Å²) in [6, 6.07) is 5.76. The van der Waals surface area contributed by atoms with E-state index in [1.54, 1.807) is 30.9 Å². The normalized spacial score (nSPS) is 23.6. The van der Waals surface area contributed by atoms with E-state index in [1.165, 1.54) is 11.8 Å². The largest absolute Gasteiger partial charge is 0.480 e. The number of hydrogen-bond donors (Lipinski definition) is 2. The van der Waals surface area contributed by atoms with Crippen molar-refractivity contribution in [2.75, 3.05) is 5.75 Å². The first-order chi connectivity index (χ1) is 10.9. The van der Waals surface area contributed by atoms with Gasteiger partial charge in [0, 0.05) is 11.3 Å². The van der Waals surface area contributed by atoms with Gasteiger partial charge in [-0.15, -0.1) is 11.8 Å². The Balaban J connectivity index is 1.80. The topological polar surface area (TPSA) is 86.7 Å². The third-order valence-electron chi connectivity index (χ3n) is 4.23. The number of nitrogens with zero attached hydrogens (tertiary/aromatic N) is 1. The van der Waals surface area contributed by atoms with Gasteiger partial charge in [0.15, 0.2) is 0 Å². The highest BCUT2D eigenvalue weighted by atomic mass is 32.2. The molecule has 2 aliphatic rings. The van der Waals surface area contributed by atoms with Crippen LogP contribution in [0.1, 0.15) is 35.1 Å². The van der Waals surface area contributed by atoms with Crippen LogP contribution in [0.3, 0.4) is 0 Å². The first-order valence-corrected chi connectivity index (χ1v) is 8.53. The minimum atomic E-state index is -1.06. The van der Waals surface area contributed by atoms with Gasteiger partial charge in [-0.1, -0.05) is 32.0 Å². The van der Waals surface area contributed by atoms with E-state index in [1.807, 2.05) is 12.1 Å². The standard InChI is InChI=1S/C16H18N2O4S/c1-8(2)12(16(21)22)17-13(19)11-7-23-15-10-6-4-3-5-9(10)14(20)18(11)15/h3-6,8,11-12,15H,7H2,1-2H3,(H,17,19)(H,21,22)/t11-,12+,15+/m1/s1. The Bertz CT molecular complexity index is 676. The maximum atomic E-state index is 12.6. The number of thioether (sulfide) groups is 1. The van der Waals surface area contributed by atoms with Crippen molar-refractivity contribution in [3.63, 3.8) is 0 Å². The van der Waals surface area contributed by atoms with Crippen molar-refractivity contribution in [2.45, 2.75) is 31.3 Å². The summed E-state index contributed by atoms with van der Waals surface area (Å²) in [6.45, 7) is 3.48. The average molecular weight is 334 g/mol. The van der Waals surface area contributed by atoms with E-state index in [0.717, 1.165) is 5.56 Å². The van der Waals surface area contributed by atoms with Gasteiger partial charge in [0.1, 0.15) is 17.5 Å². The van der Waals surface area contributed by atoms with E-state index >= 15 is 0 Å². The van der Waals surface area contributed by atoms with Gasteiger partial charge in [0.25, 0.3) is 5.91 Å². The van der Waals surface area contributed by atoms with Crippen LogP contribution in [0, 0.1) is 5.92 Å². The first-order valence-electron chi connectivity index (χ1n) is 7.48. The molecule has 1 saturated heterocycles. The maximum Gasteiger partial charge on any atom is 0.326 e. The number of fused-ring (bicyclic) bond motifs is 3. The molecule has 2 N–H and O–H groups in total. The number of carbonyl (C=O) groups excluding carboxylic acids is 2. The number of carbonyl (C=O) groups is 3. The molecule has 23 heavy (non-hydrogen) atoms. The number of amides is 2. The van der Waals surface area contributed by atoms with Crippen molar-refractivity contribution in [3.05, 3.63) is 35.4 Å². The van der Waals surface area contributed by atoms with Gasteiger partial charge in [-0.05, 0) is 17.5 Å². The minimum absolute atomic E-state index is 0.156. The van der Waals surface area contributed by atoms with Crippen molar-refractivity contribution in [1.82, 2.24) is 10.2 Å². The quantitative estimate of drug-likeness (QED) is 0.871. The fourth-order valence-electron chi connectivity index (χ4n) is 3.01. The Morgan fingerprint density at radius 1 is 1.35 bits per heavy atom. The van der Waals surface area contributed by atoms with E-state index in [2.05, 4.69) is 5.32 Å². The molecule has 122 valence electrons. The molecule has 0 unspecified atom stereocenters. The number of hydrogen-bond acceptors (Lipinski definition) is 4. The van der Waals surface area contributed by atoms with Crippen LogP contribution in [0.4, 0.5) is 0 Å². The van der Waals surface area contributed by atoms with Crippen LogP contribution in [0.2, 0.25) is 0 Å². The minimum Gasteiger partial charge on any atom is -0.480 e. The van der Waals surface area contributed by atoms with Gasteiger partial charge >= 0.3 is 5.97 Å². The fraction of sp³-hybridized carbons (Fsp3) is 0.438. The summed E-state index contributed by atoms with van der Waals surface area (Å²) in [6.07, 6.45) is 0. The zero-order valence-corrected chi connectivity index (χ0v) is 13.7. The van der Waals surface area contributed by atoms with Crippen LogP contribution in [0.5, 0.6) is 0 Å². The van der Waals surface area contributed by atoms with E-state index in [-0.39, 0.29) is 17.2 Å². The number of benzene rings is 1. The Morgan fingerprint density at radius 3 is 2.70 bits per heavy atom. The zero-order chi connectivity index (χ0) is 16.7. The summed E-state index contributed by atoms with van der Waals surface area (Å²) in [5, 5.41) is 11.6. The van der Waals surface area contributed by atoms with Crippen molar-refractivity contribution in [3.8, 4) is 0 Å². The lowest BCUT2D eigenvalue weighted by atomic mass is 10.0. The molecular weight excluding hydrogens is 316 g/mol. The second kappa shape index (κ2) is 5.88. The number of rotatable bonds is 4. The van der Waals surface area contributed by atoms with Crippen LogP contribution >= 0.6 is 11.8 Å². The van der Waals surface area contributed by atoms with E-state index in [4.69, 9.17) is 0 Å². The molecule has 2 aliphatic heterocycles. The number of aliphatic carboxylic acids is 1. The summed E-state index contributed by atoms with van der Waals surface area (Å²) in [4.78, 5) is 37.9. The van der Waals surface area contributed by atoms with Gasteiger partial charge in [0.05, 0.1) is 0 Å². The van der Waals surface area contributed by atoms with Gasteiger partial charge in [-0.2, -0.15) is 0 Å². The molecule has 7 heteroatoms. The number of carboxylic acid groups (broad SMARTS) is 1. The molecule has 0 saturated carbocycles. The van der Waals surface area contributed by atoms with Gasteiger partial charge in [0.2, 0.25) is 5.91 Å². The second-order valence-electron chi connectivity index (χ2n) is 6.07. The summed E-state index contributed by atoms with van der Waals surface area (Å²) in [5.74, 6) is -1.38. The molecule has 3 rings (SSSR count). The smallest absolute Gasteiger partial charge is 0.326 e. The van der Waals surface area contributed by atoms with Gasteiger partial charge in [-0.3, -0.25) is 9.59 Å². The molecule has 1 fully saturated rings. The summed E-state index contributed by atoms with van der Waals surface area (Å²) < 4.78 is 0. The zero-order valence-electron chi connectivity index (χ0n) is 12.9. The van der Waals surface area contributed by atoms with Crippen LogP contribution in [0.25, 0.3) is 0 Å². The van der Waals surface area contributed by atoms with Gasteiger partial charge in [-0.25, -0.2) is 4.79 Å². The molecule has 1 aromatic carbocycles. The Kier molecular flexibility index (Phi) is 4.06. The van der Waals surface area contributed by atoms with Crippen LogP contribution < -0.4 is 5.32 Å². The molecule has 0 bridgehead atoms. The average Bonchev–Trinajstić information content (AvgIpc) is 3.05. The molecule has 3 atom stereocenters. The molecule has 2 amide bonds. The highest BCUT2D eigenvalue weighted by Crippen LogP contribution is 2.48. The lowest BCUT2D eigenvalue weighted by Gasteiger charge is -2.25. The first kappa shape index (κ1) is 15.9. The molecule has 1 aromatic rings. The summed E-state index contributed by atoms with van der Waals surface area (Å²) >= 11 is 1.54. The Morgan fingerprint density at radius 2 is 2.04 bits per heavy atom. The predicted octanol–water partition coefficient (Wildman–Crippen LogP) is 1.48. The lowest BCUT2D eigenvalue weighted by Crippen LogP contribution is -2.52. The van der Waals surface area contributed by atoms with Gasteiger partial charge < -0.3 is 15.3 Å². The molecule has 2 heterocycles. The predicted molar refractivity (Wildman–Crippen MR) is 86.0 cm³/mol. The third kappa shape index (κ3) is 2.59. The fourth-order valence-corrected chi connectivity index (χ4v) is 4.47. The number of carboxylic acids is 1. The highest BCUT2D eigenvalue weighted by molar-refractivity contribution is 7.99. The third-order valence-corrected chi connectivity index (χ3v) is 5.53. The van der Waals surface area contributed by atoms with Crippen molar-refractivity contribution in [2.24, 2.45) is 5.92 Å². The monoisotopic (exact) mass is 334 g/mol. The lowest BCUT2D eigenvalue weighted by molar-refractivity contribution is -0.143. The Hall–Kier alpha value is -2.02. The van der Waals surface area contributed by atoms with E-state index in [9.17, 15) is 19.5 Å². The molecule has 6 nitrogen and oxygen atoms in total. The summed E-state index contributed by atoms with van der Waals surface area (Å²) in [7, 11) is 0. The SMILES string of the molecule is CC(C)[C@H](NC(=O)[C@H]1CS[C@H]2c3ccccc3C(=O)N12)C(=O)O.